The molecule has 0 bridgehead atoms. The van der Waals surface area contributed by atoms with Crippen LogP contribution in [0, 0.1) is 0 Å². The van der Waals surface area contributed by atoms with Crippen molar-refractivity contribution in [3.8, 4) is 34.2 Å². The van der Waals surface area contributed by atoms with Gasteiger partial charge < -0.3 is 8.98 Å². The molecule has 11 aromatic rings. The smallest absolute Gasteiger partial charge is 0.235 e. The van der Waals surface area contributed by atoms with E-state index in [4.69, 9.17) is 14.4 Å². The SMILES string of the molecule is c1ccc(-c2cc(-c3ccccc3)nc(-n3c4ccccc4c4cc5c6c7oc8ccccc8c7ccc6n(-c6ccccc6)c5cc43)n2)cc1. The minimum atomic E-state index is 0.628. The molecule has 238 valence electrons. The van der Waals surface area contributed by atoms with E-state index in [9.17, 15) is 0 Å². The van der Waals surface area contributed by atoms with Gasteiger partial charge in [0.1, 0.15) is 11.2 Å². The fraction of sp³-hybridized carbons (Fsp3) is 0. The summed E-state index contributed by atoms with van der Waals surface area (Å²) >= 11 is 0. The first kappa shape index (κ1) is 27.9. The molecule has 0 amide bonds. The Kier molecular flexibility index (Phi) is 5.89. The van der Waals surface area contributed by atoms with Crippen molar-refractivity contribution < 1.29 is 4.42 Å². The average Bonchev–Trinajstić information content (AvgIpc) is 3.85. The van der Waals surface area contributed by atoms with Crippen molar-refractivity contribution in [2.75, 3.05) is 0 Å². The van der Waals surface area contributed by atoms with E-state index >= 15 is 0 Å². The van der Waals surface area contributed by atoms with Crippen LogP contribution in [0.3, 0.4) is 0 Å². The molecule has 11 rings (SSSR count). The van der Waals surface area contributed by atoms with Gasteiger partial charge in [0, 0.05) is 43.7 Å². The third-order valence-corrected chi connectivity index (χ3v) is 10.1. The zero-order valence-electron chi connectivity index (χ0n) is 27.4. The van der Waals surface area contributed by atoms with Gasteiger partial charge in [-0.15, -0.1) is 0 Å². The molecule has 0 N–H and O–H groups in total. The summed E-state index contributed by atoms with van der Waals surface area (Å²) in [4.78, 5) is 10.5. The van der Waals surface area contributed by atoms with Gasteiger partial charge in [0.15, 0.2) is 0 Å². The summed E-state index contributed by atoms with van der Waals surface area (Å²) in [5.74, 6) is 0.628. The Morgan fingerprint density at radius 3 is 1.73 bits per heavy atom. The minimum absolute atomic E-state index is 0.628. The molecule has 0 fully saturated rings. The molecule has 51 heavy (non-hydrogen) atoms. The lowest BCUT2D eigenvalue weighted by molar-refractivity contribution is 0.673. The van der Waals surface area contributed by atoms with Crippen LogP contribution < -0.4 is 0 Å². The summed E-state index contributed by atoms with van der Waals surface area (Å²) in [5.41, 5.74) is 11.0. The van der Waals surface area contributed by atoms with E-state index < -0.39 is 0 Å². The zero-order valence-corrected chi connectivity index (χ0v) is 27.4. The number of fused-ring (bicyclic) bond motifs is 10. The number of para-hydroxylation sites is 3. The van der Waals surface area contributed by atoms with Gasteiger partial charge in [0.25, 0.3) is 0 Å². The van der Waals surface area contributed by atoms with Crippen molar-refractivity contribution in [3.05, 3.63) is 170 Å². The summed E-state index contributed by atoms with van der Waals surface area (Å²) in [6, 6.07) is 59.3. The van der Waals surface area contributed by atoms with Crippen LogP contribution in [0.1, 0.15) is 0 Å². The molecule has 0 saturated carbocycles. The predicted octanol–water partition coefficient (Wildman–Crippen LogP) is 11.9. The van der Waals surface area contributed by atoms with Crippen molar-refractivity contribution >= 4 is 65.6 Å². The second-order valence-corrected chi connectivity index (χ2v) is 13.0. The first-order valence-electron chi connectivity index (χ1n) is 17.2. The highest BCUT2D eigenvalue weighted by Crippen LogP contribution is 2.43. The number of nitrogens with zero attached hydrogens (tertiary/aromatic N) is 4. The van der Waals surface area contributed by atoms with Crippen LogP contribution in [0.25, 0.3) is 99.7 Å². The Labute approximate surface area is 292 Å². The van der Waals surface area contributed by atoms with Gasteiger partial charge in [-0.1, -0.05) is 115 Å². The number of furan rings is 1. The molecule has 5 nitrogen and oxygen atoms in total. The Balaban J connectivity index is 1.29. The van der Waals surface area contributed by atoms with Crippen LogP contribution >= 0.6 is 0 Å². The Bertz CT molecular complexity index is 3060. The number of aromatic nitrogens is 4. The van der Waals surface area contributed by atoms with Gasteiger partial charge in [0.2, 0.25) is 5.95 Å². The van der Waals surface area contributed by atoms with E-state index in [2.05, 4.69) is 161 Å². The summed E-state index contributed by atoms with van der Waals surface area (Å²) in [6.45, 7) is 0. The molecule has 0 aliphatic rings. The van der Waals surface area contributed by atoms with E-state index in [-0.39, 0.29) is 0 Å². The van der Waals surface area contributed by atoms with Crippen LogP contribution in [-0.4, -0.2) is 19.1 Å². The quantitative estimate of drug-likeness (QED) is 0.190. The second-order valence-electron chi connectivity index (χ2n) is 13.0. The summed E-state index contributed by atoms with van der Waals surface area (Å²) in [5, 5.41) is 6.76. The molecule has 0 unspecified atom stereocenters. The Hall–Kier alpha value is -6.98. The highest BCUT2D eigenvalue weighted by molar-refractivity contribution is 6.26. The number of hydrogen-bond donors (Lipinski definition) is 0. The summed E-state index contributed by atoms with van der Waals surface area (Å²) < 4.78 is 11.3. The minimum Gasteiger partial charge on any atom is -0.455 e. The third kappa shape index (κ3) is 4.15. The molecular formula is C46H28N4O. The van der Waals surface area contributed by atoms with Gasteiger partial charge in [-0.2, -0.15) is 0 Å². The van der Waals surface area contributed by atoms with Crippen LogP contribution in [-0.2, 0) is 0 Å². The first-order valence-corrected chi connectivity index (χ1v) is 17.2. The maximum Gasteiger partial charge on any atom is 0.235 e. The van der Waals surface area contributed by atoms with Crippen molar-refractivity contribution in [3.63, 3.8) is 0 Å². The van der Waals surface area contributed by atoms with Crippen LogP contribution in [0.2, 0.25) is 0 Å². The van der Waals surface area contributed by atoms with E-state index in [1.54, 1.807) is 0 Å². The standard InChI is InChI=1S/C46H28N4O/c1-4-14-29(15-5-1)37-27-38(30-16-6-2-7-17-30)48-46(47-37)50-39-22-12-10-20-32(39)35-26-36-42(28-41(35)50)49(31-18-8-3-9-19-31)40-25-24-34-33-21-11-13-23-43(33)51-45(34)44(36)40/h1-28H. The molecule has 0 saturated heterocycles. The monoisotopic (exact) mass is 652 g/mol. The summed E-state index contributed by atoms with van der Waals surface area (Å²) in [7, 11) is 0. The Morgan fingerprint density at radius 1 is 0.392 bits per heavy atom. The molecule has 0 atom stereocenters. The first-order chi connectivity index (χ1) is 25.3. The lowest BCUT2D eigenvalue weighted by Gasteiger charge is -2.12. The highest BCUT2D eigenvalue weighted by atomic mass is 16.3. The normalized spacial score (nSPS) is 11.9. The van der Waals surface area contributed by atoms with E-state index in [0.29, 0.717) is 5.95 Å². The van der Waals surface area contributed by atoms with Crippen LogP contribution in [0.5, 0.6) is 0 Å². The van der Waals surface area contributed by atoms with Crippen molar-refractivity contribution in [1.82, 2.24) is 19.1 Å². The van der Waals surface area contributed by atoms with E-state index in [0.717, 1.165) is 93.8 Å². The second kappa shape index (κ2) is 10.8. The molecule has 7 aromatic carbocycles. The molecule has 5 heteroatoms. The molecule has 0 spiro atoms. The van der Waals surface area contributed by atoms with Crippen molar-refractivity contribution in [2.45, 2.75) is 0 Å². The largest absolute Gasteiger partial charge is 0.455 e. The maximum atomic E-state index is 6.67. The van der Waals surface area contributed by atoms with Gasteiger partial charge in [-0.3, -0.25) is 4.57 Å². The van der Waals surface area contributed by atoms with E-state index in [1.165, 1.54) is 0 Å². The van der Waals surface area contributed by atoms with Gasteiger partial charge in [-0.25, -0.2) is 9.97 Å². The lowest BCUT2D eigenvalue weighted by Crippen LogP contribution is -2.04. The molecular weight excluding hydrogens is 625 g/mol. The number of hydrogen-bond acceptors (Lipinski definition) is 3. The van der Waals surface area contributed by atoms with Crippen LogP contribution in [0.15, 0.2) is 174 Å². The van der Waals surface area contributed by atoms with Crippen molar-refractivity contribution in [2.24, 2.45) is 0 Å². The lowest BCUT2D eigenvalue weighted by atomic mass is 10.1. The van der Waals surface area contributed by atoms with Gasteiger partial charge >= 0.3 is 0 Å². The molecule has 4 heterocycles. The van der Waals surface area contributed by atoms with Crippen LogP contribution in [0.4, 0.5) is 0 Å². The van der Waals surface area contributed by atoms with Crippen molar-refractivity contribution in [1.29, 1.82) is 0 Å². The Morgan fingerprint density at radius 2 is 1.00 bits per heavy atom. The topological polar surface area (TPSA) is 48.8 Å². The molecule has 0 aliphatic carbocycles. The summed E-state index contributed by atoms with van der Waals surface area (Å²) in [6.07, 6.45) is 0. The van der Waals surface area contributed by atoms with Gasteiger partial charge in [-0.05, 0) is 54.6 Å². The van der Waals surface area contributed by atoms with Gasteiger partial charge in [0.05, 0.1) is 38.8 Å². The van der Waals surface area contributed by atoms with E-state index in [1.807, 2.05) is 18.2 Å². The number of rotatable bonds is 4. The molecule has 0 aliphatic heterocycles. The molecule has 4 aromatic heterocycles. The number of benzene rings is 7. The highest BCUT2D eigenvalue weighted by Gasteiger charge is 2.23. The molecule has 0 radical (unpaired) electrons. The fourth-order valence-corrected chi connectivity index (χ4v) is 7.86. The maximum absolute atomic E-state index is 6.67. The predicted molar refractivity (Wildman–Crippen MR) is 209 cm³/mol. The fourth-order valence-electron chi connectivity index (χ4n) is 7.86. The average molecular weight is 653 g/mol. The zero-order chi connectivity index (χ0) is 33.5. The third-order valence-electron chi connectivity index (χ3n) is 10.1.